The first kappa shape index (κ1) is 21.4. The zero-order chi connectivity index (χ0) is 20.0. The molecule has 0 spiro atoms. The predicted molar refractivity (Wildman–Crippen MR) is 109 cm³/mol. The van der Waals surface area contributed by atoms with E-state index in [9.17, 15) is 9.59 Å². The van der Waals surface area contributed by atoms with E-state index in [2.05, 4.69) is 17.0 Å². The van der Waals surface area contributed by atoms with Crippen LogP contribution in [0.25, 0.3) is 0 Å². The molecule has 27 heavy (non-hydrogen) atoms. The third kappa shape index (κ3) is 6.35. The Bertz CT molecular complexity index is 614. The van der Waals surface area contributed by atoms with Gasteiger partial charge in [-0.05, 0) is 32.5 Å². The molecule has 1 aromatic carbocycles. The van der Waals surface area contributed by atoms with Gasteiger partial charge in [-0.1, -0.05) is 51.1 Å². The quantitative estimate of drug-likeness (QED) is 0.770. The summed E-state index contributed by atoms with van der Waals surface area (Å²) in [6, 6.07) is 10.2. The van der Waals surface area contributed by atoms with Gasteiger partial charge in [0.1, 0.15) is 0 Å². The summed E-state index contributed by atoms with van der Waals surface area (Å²) in [6.07, 6.45) is 1.52. The Hall–Kier alpha value is -1.88. The van der Waals surface area contributed by atoms with E-state index in [1.807, 2.05) is 62.9 Å². The Labute approximate surface area is 164 Å². The number of rotatable bonds is 6. The molecule has 150 valence electrons. The number of piperidine rings is 1. The number of likely N-dealkylation sites (tertiary alicyclic amines) is 1. The number of hydrogen-bond donors (Lipinski definition) is 0. The van der Waals surface area contributed by atoms with Crippen LogP contribution in [0.3, 0.4) is 0 Å². The Kier molecular flexibility index (Phi) is 7.42. The van der Waals surface area contributed by atoms with Gasteiger partial charge < -0.3 is 14.7 Å². The summed E-state index contributed by atoms with van der Waals surface area (Å²) in [6.45, 7) is 9.44. The molecule has 1 saturated heterocycles. The number of likely N-dealkylation sites (N-methyl/N-ethyl adjacent to an activating group) is 1. The molecule has 1 heterocycles. The van der Waals surface area contributed by atoms with Crippen LogP contribution in [0.5, 0.6) is 0 Å². The molecule has 2 amide bonds. The summed E-state index contributed by atoms with van der Waals surface area (Å²) in [5.74, 6) is 0.422. The molecule has 0 bridgehead atoms. The normalized spacial score (nSPS) is 15.9. The largest absolute Gasteiger partial charge is 0.342 e. The maximum absolute atomic E-state index is 13.2. The van der Waals surface area contributed by atoms with Crippen LogP contribution in [-0.2, 0) is 16.1 Å². The van der Waals surface area contributed by atoms with Gasteiger partial charge in [-0.15, -0.1) is 0 Å². The first-order valence-electron chi connectivity index (χ1n) is 9.95. The van der Waals surface area contributed by atoms with Crippen LogP contribution in [-0.4, -0.2) is 66.8 Å². The number of nitrogens with zero attached hydrogens (tertiary/aromatic N) is 3. The molecule has 1 aliphatic rings. The average molecular weight is 374 g/mol. The Morgan fingerprint density at radius 3 is 2.15 bits per heavy atom. The van der Waals surface area contributed by atoms with Gasteiger partial charge in [-0.2, -0.15) is 0 Å². The second kappa shape index (κ2) is 9.36. The highest BCUT2D eigenvalue weighted by atomic mass is 16.2. The second-order valence-corrected chi connectivity index (χ2v) is 8.87. The van der Waals surface area contributed by atoms with Crippen molar-refractivity contribution in [2.75, 3.05) is 40.3 Å². The number of amides is 2. The number of carbonyl (C=O) groups excluding carboxylic acids is 2. The maximum atomic E-state index is 13.2. The molecule has 5 heteroatoms. The fourth-order valence-electron chi connectivity index (χ4n) is 3.45. The Morgan fingerprint density at radius 1 is 1.04 bits per heavy atom. The van der Waals surface area contributed by atoms with E-state index < -0.39 is 0 Å². The summed E-state index contributed by atoms with van der Waals surface area (Å²) >= 11 is 0. The van der Waals surface area contributed by atoms with E-state index in [4.69, 9.17) is 0 Å². The van der Waals surface area contributed by atoms with Gasteiger partial charge in [0.15, 0.2) is 0 Å². The zero-order valence-corrected chi connectivity index (χ0v) is 17.6. The molecule has 1 aliphatic heterocycles. The fourth-order valence-corrected chi connectivity index (χ4v) is 3.45. The van der Waals surface area contributed by atoms with Gasteiger partial charge in [0, 0.05) is 44.1 Å². The third-order valence-electron chi connectivity index (χ3n) is 5.12. The highest BCUT2D eigenvalue weighted by Crippen LogP contribution is 2.25. The first-order chi connectivity index (χ1) is 12.7. The molecule has 0 atom stereocenters. The first-order valence-corrected chi connectivity index (χ1v) is 9.95. The van der Waals surface area contributed by atoms with Gasteiger partial charge >= 0.3 is 0 Å². The van der Waals surface area contributed by atoms with Crippen molar-refractivity contribution in [2.45, 2.75) is 40.2 Å². The van der Waals surface area contributed by atoms with E-state index in [-0.39, 0.29) is 23.1 Å². The standard InChI is InChI=1S/C22H35N3O2/c1-22(2,3)21(27)24-13-11-19(12-14-24)20(26)25(16-15-23(4)5)17-18-9-7-6-8-10-18/h6-10,19H,11-17H2,1-5H3. The van der Waals surface area contributed by atoms with E-state index in [0.717, 1.165) is 31.5 Å². The van der Waals surface area contributed by atoms with E-state index >= 15 is 0 Å². The minimum atomic E-state index is -0.359. The predicted octanol–water partition coefficient (Wildman–Crippen LogP) is 2.86. The number of carbonyl (C=O) groups is 2. The van der Waals surface area contributed by atoms with Crippen LogP contribution in [0, 0.1) is 11.3 Å². The monoisotopic (exact) mass is 373 g/mol. The van der Waals surface area contributed by atoms with Crippen LogP contribution in [0.15, 0.2) is 30.3 Å². The summed E-state index contributed by atoms with van der Waals surface area (Å²) in [4.78, 5) is 31.7. The van der Waals surface area contributed by atoms with Crippen molar-refractivity contribution in [3.8, 4) is 0 Å². The molecule has 0 saturated carbocycles. The Morgan fingerprint density at radius 2 is 1.63 bits per heavy atom. The van der Waals surface area contributed by atoms with Gasteiger partial charge in [-0.25, -0.2) is 0 Å². The minimum Gasteiger partial charge on any atom is -0.342 e. The van der Waals surface area contributed by atoms with Crippen molar-refractivity contribution < 1.29 is 9.59 Å². The van der Waals surface area contributed by atoms with E-state index in [1.54, 1.807) is 0 Å². The molecule has 0 aliphatic carbocycles. The lowest BCUT2D eigenvalue weighted by molar-refractivity contribution is -0.145. The van der Waals surface area contributed by atoms with Crippen molar-refractivity contribution in [1.29, 1.82) is 0 Å². The molecule has 1 fully saturated rings. The summed E-state index contributed by atoms with van der Waals surface area (Å²) < 4.78 is 0. The average Bonchev–Trinajstić information content (AvgIpc) is 2.64. The zero-order valence-electron chi connectivity index (χ0n) is 17.6. The van der Waals surface area contributed by atoms with Crippen molar-refractivity contribution in [2.24, 2.45) is 11.3 Å². The van der Waals surface area contributed by atoms with Gasteiger partial charge in [0.05, 0.1) is 0 Å². The van der Waals surface area contributed by atoms with E-state index in [1.165, 1.54) is 0 Å². The fraction of sp³-hybridized carbons (Fsp3) is 0.636. The molecule has 5 nitrogen and oxygen atoms in total. The summed E-state index contributed by atoms with van der Waals surface area (Å²) in [5.41, 5.74) is 0.798. The van der Waals surface area contributed by atoms with Gasteiger partial charge in [-0.3, -0.25) is 9.59 Å². The third-order valence-corrected chi connectivity index (χ3v) is 5.12. The van der Waals surface area contributed by atoms with Crippen LogP contribution in [0.2, 0.25) is 0 Å². The Balaban J connectivity index is 1.99. The molecular weight excluding hydrogens is 338 g/mol. The van der Waals surface area contributed by atoms with Gasteiger partial charge in [0.2, 0.25) is 11.8 Å². The lowest BCUT2D eigenvalue weighted by Gasteiger charge is -2.37. The van der Waals surface area contributed by atoms with Crippen LogP contribution in [0.1, 0.15) is 39.2 Å². The molecule has 1 aromatic rings. The maximum Gasteiger partial charge on any atom is 0.227 e. The number of hydrogen-bond acceptors (Lipinski definition) is 3. The van der Waals surface area contributed by atoms with Gasteiger partial charge in [0.25, 0.3) is 0 Å². The van der Waals surface area contributed by atoms with Crippen molar-refractivity contribution in [3.63, 3.8) is 0 Å². The topological polar surface area (TPSA) is 43.9 Å². The van der Waals surface area contributed by atoms with Crippen molar-refractivity contribution in [3.05, 3.63) is 35.9 Å². The lowest BCUT2D eigenvalue weighted by atomic mass is 9.90. The summed E-state index contributed by atoms with van der Waals surface area (Å²) in [7, 11) is 4.06. The molecular formula is C22H35N3O2. The summed E-state index contributed by atoms with van der Waals surface area (Å²) in [5, 5.41) is 0. The van der Waals surface area contributed by atoms with Crippen LogP contribution >= 0.6 is 0 Å². The molecule has 0 N–H and O–H groups in total. The molecule has 2 rings (SSSR count). The highest BCUT2D eigenvalue weighted by molar-refractivity contribution is 5.82. The number of benzene rings is 1. The molecule has 0 aromatic heterocycles. The lowest BCUT2D eigenvalue weighted by Crippen LogP contribution is -2.48. The highest BCUT2D eigenvalue weighted by Gasteiger charge is 2.33. The van der Waals surface area contributed by atoms with E-state index in [0.29, 0.717) is 19.6 Å². The van der Waals surface area contributed by atoms with Crippen molar-refractivity contribution in [1.82, 2.24) is 14.7 Å². The minimum absolute atomic E-state index is 0.0138. The van der Waals surface area contributed by atoms with Crippen molar-refractivity contribution >= 4 is 11.8 Å². The van der Waals surface area contributed by atoms with Crippen LogP contribution in [0.4, 0.5) is 0 Å². The second-order valence-electron chi connectivity index (χ2n) is 8.87. The molecule has 0 unspecified atom stereocenters. The smallest absolute Gasteiger partial charge is 0.227 e. The molecule has 0 radical (unpaired) electrons. The van der Waals surface area contributed by atoms with Crippen LogP contribution < -0.4 is 0 Å². The SMILES string of the molecule is CN(C)CCN(Cc1ccccc1)C(=O)C1CCN(C(=O)C(C)(C)C)CC1.